The zero-order valence-electron chi connectivity index (χ0n) is 18.9. The van der Waals surface area contributed by atoms with Crippen LogP contribution < -0.4 is 0 Å². The summed E-state index contributed by atoms with van der Waals surface area (Å²) in [6, 6.07) is 27.1. The van der Waals surface area contributed by atoms with Gasteiger partial charge in [0.15, 0.2) is 5.65 Å². The van der Waals surface area contributed by atoms with Gasteiger partial charge in [-0.25, -0.2) is 14.5 Å². The van der Waals surface area contributed by atoms with Crippen molar-refractivity contribution in [3.8, 4) is 11.3 Å². The second-order valence-electron chi connectivity index (χ2n) is 8.28. The number of amides is 2. The number of nitrogens with zero attached hydrogens (tertiary/aromatic N) is 4. The number of hydrogen-bond donors (Lipinski definition) is 0. The third kappa shape index (κ3) is 3.61. The smallest absolute Gasteiger partial charge is 0.324 e. The molecule has 1 aliphatic rings. The van der Waals surface area contributed by atoms with Crippen LogP contribution in [0.15, 0.2) is 97.2 Å². The molecule has 2 amide bonds. The molecule has 0 saturated carbocycles. The molecule has 0 radical (unpaired) electrons. The molecule has 0 unspecified atom stereocenters. The predicted molar refractivity (Wildman–Crippen MR) is 131 cm³/mol. The molecular weight excluding hydrogens is 456 g/mol. The van der Waals surface area contributed by atoms with Gasteiger partial charge in [-0.2, -0.15) is 5.10 Å². The molecule has 174 valence electrons. The molecule has 36 heavy (non-hydrogen) atoms. The summed E-state index contributed by atoms with van der Waals surface area (Å²) in [4.78, 5) is 49.0. The number of aromatic nitrogens is 3. The Morgan fingerprint density at radius 3 is 2.08 bits per heavy atom. The van der Waals surface area contributed by atoms with Gasteiger partial charge in [-0.05, 0) is 23.8 Å². The van der Waals surface area contributed by atoms with Crippen LogP contribution in [0.1, 0.15) is 36.6 Å². The van der Waals surface area contributed by atoms with E-state index in [1.54, 1.807) is 29.1 Å². The Labute approximate surface area is 205 Å². The third-order valence-corrected chi connectivity index (χ3v) is 6.00. The number of carbonyl (C=O) groups excluding carboxylic acids is 3. The highest BCUT2D eigenvalue weighted by atomic mass is 16.7. The minimum atomic E-state index is -0.853. The molecule has 0 aliphatic carbocycles. The Hall–Kier alpha value is -5.11. The average molecular weight is 474 g/mol. The first-order valence-electron chi connectivity index (χ1n) is 11.3. The summed E-state index contributed by atoms with van der Waals surface area (Å²) in [6.07, 6.45) is 1.54. The van der Waals surface area contributed by atoms with Crippen molar-refractivity contribution in [3.05, 3.63) is 119 Å². The third-order valence-electron chi connectivity index (χ3n) is 6.00. The van der Waals surface area contributed by atoms with Gasteiger partial charge in [0.2, 0.25) is 0 Å². The van der Waals surface area contributed by atoms with Crippen molar-refractivity contribution >= 4 is 28.8 Å². The lowest BCUT2D eigenvalue weighted by Gasteiger charge is -2.14. The number of carbonyl (C=O) groups is 3. The van der Waals surface area contributed by atoms with Crippen LogP contribution in [0.5, 0.6) is 0 Å². The molecular formula is C28H18N4O4. The summed E-state index contributed by atoms with van der Waals surface area (Å²) in [5, 5.41) is 5.42. The van der Waals surface area contributed by atoms with Crippen molar-refractivity contribution in [2.24, 2.45) is 0 Å². The van der Waals surface area contributed by atoms with Crippen LogP contribution in [-0.4, -0.2) is 37.6 Å². The molecule has 8 heteroatoms. The minimum absolute atomic E-state index is 0.148. The topological polar surface area (TPSA) is 94.4 Å². The number of rotatable bonds is 5. The lowest BCUT2D eigenvalue weighted by Crippen LogP contribution is -2.32. The molecule has 5 aromatic rings. The van der Waals surface area contributed by atoms with Crippen LogP contribution in [0.2, 0.25) is 0 Å². The van der Waals surface area contributed by atoms with Gasteiger partial charge in [-0.3, -0.25) is 9.59 Å². The molecule has 8 nitrogen and oxygen atoms in total. The Bertz CT molecular complexity index is 1610. The molecule has 1 aliphatic heterocycles. The summed E-state index contributed by atoms with van der Waals surface area (Å²) >= 11 is 0. The normalized spacial score (nSPS) is 12.7. The minimum Gasteiger partial charge on any atom is -0.324 e. The first-order valence-corrected chi connectivity index (χ1v) is 11.3. The highest BCUT2D eigenvalue weighted by Crippen LogP contribution is 2.28. The van der Waals surface area contributed by atoms with Gasteiger partial charge in [0.1, 0.15) is 0 Å². The van der Waals surface area contributed by atoms with Crippen molar-refractivity contribution in [2.75, 3.05) is 0 Å². The van der Waals surface area contributed by atoms with E-state index >= 15 is 0 Å². The molecule has 3 heterocycles. The fourth-order valence-electron chi connectivity index (χ4n) is 4.23. The summed E-state index contributed by atoms with van der Waals surface area (Å²) in [5.41, 5.74) is 3.36. The van der Waals surface area contributed by atoms with Gasteiger partial charge in [-0.1, -0.05) is 77.9 Å². The van der Waals surface area contributed by atoms with E-state index in [-0.39, 0.29) is 16.7 Å². The van der Waals surface area contributed by atoms with Gasteiger partial charge in [0.05, 0.1) is 40.5 Å². The molecule has 0 fully saturated rings. The van der Waals surface area contributed by atoms with E-state index in [2.05, 4.69) is 5.10 Å². The number of imide groups is 1. The van der Waals surface area contributed by atoms with E-state index < -0.39 is 17.8 Å². The van der Waals surface area contributed by atoms with Crippen LogP contribution in [0.25, 0.3) is 22.3 Å². The Kier molecular flexibility index (Phi) is 5.11. The van der Waals surface area contributed by atoms with Crippen LogP contribution in [-0.2, 0) is 11.4 Å². The van der Waals surface area contributed by atoms with Crippen LogP contribution >= 0.6 is 0 Å². The van der Waals surface area contributed by atoms with Crippen molar-refractivity contribution < 1.29 is 19.2 Å². The zero-order chi connectivity index (χ0) is 24.6. The van der Waals surface area contributed by atoms with Gasteiger partial charge < -0.3 is 4.84 Å². The van der Waals surface area contributed by atoms with Crippen molar-refractivity contribution in [1.29, 1.82) is 0 Å². The standard InChI is InChI=1S/C28H18N4O4/c33-26-20-13-7-8-14-21(20)27(34)32(26)36-28(35)22-15-24(19-11-5-2-6-12-19)30-25-23(22)16-29-31(25)17-18-9-3-1-4-10-18/h1-16H,17H2. The Morgan fingerprint density at radius 2 is 1.42 bits per heavy atom. The molecule has 0 spiro atoms. The Morgan fingerprint density at radius 1 is 0.806 bits per heavy atom. The van der Waals surface area contributed by atoms with Gasteiger partial charge in [0.25, 0.3) is 11.8 Å². The van der Waals surface area contributed by atoms with E-state index in [1.807, 2.05) is 60.7 Å². The summed E-state index contributed by atoms with van der Waals surface area (Å²) in [6.45, 7) is 0.447. The van der Waals surface area contributed by atoms with E-state index in [4.69, 9.17) is 9.82 Å². The van der Waals surface area contributed by atoms with E-state index in [0.717, 1.165) is 11.1 Å². The quantitative estimate of drug-likeness (QED) is 0.348. The molecule has 0 bridgehead atoms. The molecule has 0 saturated heterocycles. The van der Waals surface area contributed by atoms with Crippen LogP contribution in [0.3, 0.4) is 0 Å². The maximum absolute atomic E-state index is 13.4. The van der Waals surface area contributed by atoms with Crippen LogP contribution in [0.4, 0.5) is 0 Å². The lowest BCUT2D eigenvalue weighted by molar-refractivity contribution is -0.0583. The average Bonchev–Trinajstić information content (AvgIpc) is 3.43. The fourth-order valence-corrected chi connectivity index (χ4v) is 4.23. The number of fused-ring (bicyclic) bond motifs is 2. The molecule has 3 aromatic carbocycles. The van der Waals surface area contributed by atoms with Crippen molar-refractivity contribution in [2.45, 2.75) is 6.54 Å². The highest BCUT2D eigenvalue weighted by molar-refractivity contribution is 6.21. The van der Waals surface area contributed by atoms with Crippen molar-refractivity contribution in [3.63, 3.8) is 0 Å². The van der Waals surface area contributed by atoms with E-state index in [9.17, 15) is 14.4 Å². The molecule has 6 rings (SSSR count). The van der Waals surface area contributed by atoms with Crippen molar-refractivity contribution in [1.82, 2.24) is 19.8 Å². The summed E-state index contributed by atoms with van der Waals surface area (Å²) in [5.74, 6) is -2.22. The van der Waals surface area contributed by atoms with Gasteiger partial charge in [0, 0.05) is 5.56 Å². The van der Waals surface area contributed by atoms with Gasteiger partial charge >= 0.3 is 5.97 Å². The van der Waals surface area contributed by atoms with E-state index in [1.165, 1.54) is 12.1 Å². The lowest BCUT2D eigenvalue weighted by atomic mass is 10.1. The largest absolute Gasteiger partial charge is 0.364 e. The first kappa shape index (κ1) is 21.4. The number of benzene rings is 3. The van der Waals surface area contributed by atoms with Gasteiger partial charge in [-0.15, -0.1) is 0 Å². The summed E-state index contributed by atoms with van der Waals surface area (Å²) < 4.78 is 1.70. The predicted octanol–water partition coefficient (Wildman–Crippen LogP) is 4.51. The second kappa shape index (κ2) is 8.59. The highest BCUT2D eigenvalue weighted by Gasteiger charge is 2.39. The zero-order valence-corrected chi connectivity index (χ0v) is 18.9. The second-order valence-corrected chi connectivity index (χ2v) is 8.28. The maximum Gasteiger partial charge on any atom is 0.364 e. The first-order chi connectivity index (χ1) is 17.6. The maximum atomic E-state index is 13.4. The fraction of sp³-hybridized carbons (Fsp3) is 0.0357. The molecule has 2 aromatic heterocycles. The number of pyridine rings is 1. The van der Waals surface area contributed by atoms with E-state index in [0.29, 0.717) is 28.3 Å². The number of hydrogen-bond acceptors (Lipinski definition) is 6. The Balaban J connectivity index is 1.42. The SMILES string of the molecule is O=C(ON1C(=O)c2ccccc2C1=O)c1cc(-c2ccccc2)nc2c1cnn2Cc1ccccc1. The number of hydroxylamine groups is 2. The molecule has 0 N–H and O–H groups in total. The summed E-state index contributed by atoms with van der Waals surface area (Å²) in [7, 11) is 0. The molecule has 0 atom stereocenters. The monoisotopic (exact) mass is 474 g/mol. The van der Waals surface area contributed by atoms with Crippen LogP contribution in [0, 0.1) is 0 Å².